The third-order valence-corrected chi connectivity index (χ3v) is 6.52. The van der Waals surface area contributed by atoms with Gasteiger partial charge in [0.1, 0.15) is 11.8 Å². The fourth-order valence-corrected chi connectivity index (χ4v) is 4.30. The van der Waals surface area contributed by atoms with Gasteiger partial charge in [0.15, 0.2) is 0 Å². The largest absolute Gasteiger partial charge is 0.497 e. The molecule has 3 rings (SSSR count). The van der Waals surface area contributed by atoms with Gasteiger partial charge in [0, 0.05) is 25.6 Å². The van der Waals surface area contributed by atoms with Crippen LogP contribution in [0.3, 0.4) is 0 Å². The molecule has 1 heterocycles. The molecule has 0 aromatic heterocycles. The van der Waals surface area contributed by atoms with Crippen molar-refractivity contribution in [2.45, 2.75) is 65.1 Å². The highest BCUT2D eigenvalue weighted by atomic mass is 16.5. The molecule has 0 radical (unpaired) electrons. The quantitative estimate of drug-likeness (QED) is 0.454. The van der Waals surface area contributed by atoms with Gasteiger partial charge in [-0.3, -0.25) is 24.1 Å². The van der Waals surface area contributed by atoms with Crippen LogP contribution in [0.25, 0.3) is 0 Å². The highest BCUT2D eigenvalue weighted by Gasteiger charge is 2.35. The second-order valence-corrected chi connectivity index (χ2v) is 9.03. The zero-order valence-corrected chi connectivity index (χ0v) is 21.5. The molecule has 8 heteroatoms. The van der Waals surface area contributed by atoms with Crippen LogP contribution in [-0.4, -0.2) is 59.2 Å². The molecule has 0 bridgehead atoms. The molecule has 1 aliphatic heterocycles. The Morgan fingerprint density at radius 3 is 2.25 bits per heavy atom. The number of hydrogen-bond acceptors (Lipinski definition) is 5. The topological polar surface area (TPSA) is 96.0 Å². The van der Waals surface area contributed by atoms with E-state index in [-0.39, 0.29) is 49.2 Å². The van der Waals surface area contributed by atoms with E-state index in [1.807, 2.05) is 45.0 Å². The second kappa shape index (κ2) is 12.3. The van der Waals surface area contributed by atoms with Crippen LogP contribution in [0.15, 0.2) is 48.5 Å². The first-order valence-electron chi connectivity index (χ1n) is 12.5. The molecule has 0 spiro atoms. The molecule has 0 saturated carbocycles. The van der Waals surface area contributed by atoms with Crippen LogP contribution >= 0.6 is 0 Å². The normalized spacial score (nSPS) is 14.3. The lowest BCUT2D eigenvalue weighted by Gasteiger charge is -2.31. The Labute approximate surface area is 212 Å². The molecule has 1 N–H and O–H groups in total. The van der Waals surface area contributed by atoms with E-state index >= 15 is 0 Å². The minimum atomic E-state index is -0.642. The van der Waals surface area contributed by atoms with Gasteiger partial charge in [-0.2, -0.15) is 0 Å². The van der Waals surface area contributed by atoms with E-state index in [0.29, 0.717) is 29.7 Å². The van der Waals surface area contributed by atoms with E-state index in [1.54, 1.807) is 36.3 Å². The number of nitrogens with one attached hydrogen (secondary N) is 1. The number of nitrogens with zero attached hydrogens (tertiary/aromatic N) is 2. The Bertz CT molecular complexity index is 1080. The third-order valence-electron chi connectivity index (χ3n) is 6.52. The molecule has 0 saturated heterocycles. The molecule has 192 valence electrons. The van der Waals surface area contributed by atoms with Gasteiger partial charge < -0.3 is 15.0 Å². The minimum absolute atomic E-state index is 0.00542. The Morgan fingerprint density at radius 2 is 1.67 bits per heavy atom. The Morgan fingerprint density at radius 1 is 1.00 bits per heavy atom. The van der Waals surface area contributed by atoms with E-state index in [1.165, 1.54) is 4.90 Å². The van der Waals surface area contributed by atoms with Crippen molar-refractivity contribution in [2.24, 2.45) is 0 Å². The van der Waals surface area contributed by atoms with Gasteiger partial charge in [-0.25, -0.2) is 0 Å². The molecule has 0 unspecified atom stereocenters. The lowest BCUT2D eigenvalue weighted by Crippen LogP contribution is -2.50. The van der Waals surface area contributed by atoms with Crippen molar-refractivity contribution >= 4 is 23.6 Å². The summed E-state index contributed by atoms with van der Waals surface area (Å²) in [6.45, 7) is 6.19. The van der Waals surface area contributed by atoms with Crippen LogP contribution in [-0.2, 0) is 16.1 Å². The molecule has 1 aliphatic rings. The molecule has 2 aromatic rings. The van der Waals surface area contributed by atoms with Gasteiger partial charge in [-0.05, 0) is 56.0 Å². The molecule has 4 amide bonds. The Balaban J connectivity index is 1.73. The van der Waals surface area contributed by atoms with Crippen molar-refractivity contribution < 1.29 is 23.9 Å². The summed E-state index contributed by atoms with van der Waals surface area (Å²) in [6, 6.07) is 13.5. The van der Waals surface area contributed by atoms with E-state index in [4.69, 9.17) is 4.74 Å². The van der Waals surface area contributed by atoms with Crippen LogP contribution in [0.2, 0.25) is 0 Å². The van der Waals surface area contributed by atoms with Gasteiger partial charge in [0.25, 0.3) is 11.8 Å². The van der Waals surface area contributed by atoms with Crippen LogP contribution in [0, 0.1) is 0 Å². The fourth-order valence-electron chi connectivity index (χ4n) is 4.30. The number of rotatable bonds is 12. The maximum atomic E-state index is 13.4. The molecule has 0 fully saturated rings. The maximum absolute atomic E-state index is 13.4. The van der Waals surface area contributed by atoms with Crippen LogP contribution < -0.4 is 10.1 Å². The fraction of sp³-hybridized carbons (Fsp3) is 0.429. The zero-order valence-electron chi connectivity index (χ0n) is 21.5. The van der Waals surface area contributed by atoms with E-state index in [9.17, 15) is 19.2 Å². The number of methoxy groups -OCH3 is 1. The zero-order chi connectivity index (χ0) is 26.2. The predicted molar refractivity (Wildman–Crippen MR) is 137 cm³/mol. The van der Waals surface area contributed by atoms with E-state index in [2.05, 4.69) is 5.32 Å². The van der Waals surface area contributed by atoms with Crippen molar-refractivity contribution in [3.63, 3.8) is 0 Å². The molecule has 0 aliphatic carbocycles. The van der Waals surface area contributed by atoms with Crippen molar-refractivity contribution in [3.8, 4) is 5.75 Å². The number of amides is 4. The minimum Gasteiger partial charge on any atom is -0.497 e. The van der Waals surface area contributed by atoms with Gasteiger partial charge in [0.05, 0.1) is 18.2 Å². The first-order valence-corrected chi connectivity index (χ1v) is 12.5. The first kappa shape index (κ1) is 26.9. The predicted octanol–water partition coefficient (Wildman–Crippen LogP) is 3.79. The Kier molecular flexibility index (Phi) is 9.22. The molecular weight excluding hydrogens is 458 g/mol. The smallest absolute Gasteiger partial charge is 0.261 e. The summed E-state index contributed by atoms with van der Waals surface area (Å²) >= 11 is 0. The molecular formula is C28H35N3O5. The van der Waals surface area contributed by atoms with Crippen molar-refractivity contribution in [3.05, 3.63) is 65.2 Å². The van der Waals surface area contributed by atoms with Crippen molar-refractivity contribution in [2.75, 3.05) is 13.7 Å². The van der Waals surface area contributed by atoms with Crippen molar-refractivity contribution in [1.82, 2.24) is 15.1 Å². The van der Waals surface area contributed by atoms with Gasteiger partial charge >= 0.3 is 0 Å². The molecule has 36 heavy (non-hydrogen) atoms. The third kappa shape index (κ3) is 6.11. The van der Waals surface area contributed by atoms with Crippen LogP contribution in [0.1, 0.15) is 72.7 Å². The Hall–Kier alpha value is -3.68. The number of fused-ring (bicyclic) bond motifs is 1. The summed E-state index contributed by atoms with van der Waals surface area (Å²) in [5.74, 6) is -0.405. The lowest BCUT2D eigenvalue weighted by atomic mass is 10.1. The summed E-state index contributed by atoms with van der Waals surface area (Å²) < 4.78 is 5.31. The average molecular weight is 494 g/mol. The van der Waals surface area contributed by atoms with Crippen LogP contribution in [0.5, 0.6) is 5.75 Å². The number of imide groups is 1. The molecule has 2 aromatic carbocycles. The highest BCUT2D eigenvalue weighted by molar-refractivity contribution is 6.21. The first-order chi connectivity index (χ1) is 17.3. The molecule has 2 atom stereocenters. The number of carbonyl (C=O) groups excluding carboxylic acids is 4. The van der Waals surface area contributed by atoms with Crippen LogP contribution in [0.4, 0.5) is 0 Å². The van der Waals surface area contributed by atoms with E-state index in [0.717, 1.165) is 12.0 Å². The number of ether oxygens (including phenoxy) is 1. The molecule has 8 nitrogen and oxygen atoms in total. The maximum Gasteiger partial charge on any atom is 0.261 e. The van der Waals surface area contributed by atoms with E-state index < -0.39 is 6.04 Å². The lowest BCUT2D eigenvalue weighted by molar-refractivity contribution is -0.141. The van der Waals surface area contributed by atoms with Gasteiger partial charge in [-0.1, -0.05) is 38.1 Å². The summed E-state index contributed by atoms with van der Waals surface area (Å²) in [6.07, 6.45) is 1.65. The van der Waals surface area contributed by atoms with Crippen molar-refractivity contribution in [1.29, 1.82) is 0 Å². The standard InChI is InChI=1S/C28H35N3O5/c1-5-19(3)29-26(33)24(6-2)31(18-20-11-9-12-21(17-20)36-4)25(32)15-10-16-30-27(34)22-13-7-8-14-23(22)28(30)35/h7-9,11-14,17,19,24H,5-6,10,15-16,18H2,1-4H3,(H,29,33)/t19-,24+/m0/s1. The number of hydrogen-bond donors (Lipinski definition) is 1. The highest BCUT2D eigenvalue weighted by Crippen LogP contribution is 2.23. The summed E-state index contributed by atoms with van der Waals surface area (Å²) in [7, 11) is 1.58. The summed E-state index contributed by atoms with van der Waals surface area (Å²) in [5, 5.41) is 2.99. The summed E-state index contributed by atoms with van der Waals surface area (Å²) in [5.41, 5.74) is 1.63. The number of benzene rings is 2. The monoisotopic (exact) mass is 493 g/mol. The summed E-state index contributed by atoms with van der Waals surface area (Å²) in [4.78, 5) is 54.6. The average Bonchev–Trinajstić information content (AvgIpc) is 3.13. The van der Waals surface area contributed by atoms with Gasteiger partial charge in [0.2, 0.25) is 11.8 Å². The van der Waals surface area contributed by atoms with Gasteiger partial charge in [-0.15, -0.1) is 0 Å². The SMILES string of the molecule is CC[C@H](C(=O)N[C@@H](C)CC)N(Cc1cccc(OC)c1)C(=O)CCCN1C(=O)c2ccccc2C1=O. The number of carbonyl (C=O) groups is 4. The second-order valence-electron chi connectivity index (χ2n) is 9.03.